The molecule has 0 fully saturated rings. The van der Waals surface area contributed by atoms with Gasteiger partial charge in [-0.05, 0) is 55.7 Å². The molecule has 0 saturated heterocycles. The number of nitrogens with zero attached hydrogens (tertiary/aromatic N) is 2. The number of benzene rings is 2. The Balaban J connectivity index is 1.52. The van der Waals surface area contributed by atoms with E-state index in [4.69, 9.17) is 4.74 Å². The smallest absolute Gasteiger partial charge is 0.270 e. The summed E-state index contributed by atoms with van der Waals surface area (Å²) in [5.41, 5.74) is 4.06. The molecule has 1 aliphatic rings. The third-order valence-corrected chi connectivity index (χ3v) is 5.77. The van der Waals surface area contributed by atoms with E-state index in [2.05, 4.69) is 11.1 Å². The maximum atomic E-state index is 13.1. The topological polar surface area (TPSA) is 42.4 Å². The Bertz CT molecular complexity index is 998. The van der Waals surface area contributed by atoms with Gasteiger partial charge in [-0.1, -0.05) is 18.2 Å². The molecule has 27 heavy (non-hydrogen) atoms. The highest BCUT2D eigenvalue weighted by Gasteiger charge is 2.29. The first-order valence-electron chi connectivity index (χ1n) is 8.78. The fraction of sp³-hybridized carbons (Fsp3) is 0.238. The van der Waals surface area contributed by atoms with Crippen molar-refractivity contribution in [1.29, 1.82) is 0 Å². The van der Waals surface area contributed by atoms with Gasteiger partial charge < -0.3 is 9.64 Å². The van der Waals surface area contributed by atoms with Crippen molar-refractivity contribution in [3.05, 3.63) is 75.0 Å². The fourth-order valence-corrected chi connectivity index (χ4v) is 4.29. The Morgan fingerprint density at radius 3 is 2.78 bits per heavy atom. The van der Waals surface area contributed by atoms with Crippen LogP contribution in [0.3, 0.4) is 0 Å². The molecule has 1 aliphatic heterocycles. The number of para-hydroxylation sites is 1. The van der Waals surface area contributed by atoms with Gasteiger partial charge >= 0.3 is 0 Å². The van der Waals surface area contributed by atoms with Gasteiger partial charge in [0.15, 0.2) is 0 Å². The highest BCUT2D eigenvalue weighted by Crippen LogP contribution is 2.34. The van der Waals surface area contributed by atoms with E-state index in [1.807, 2.05) is 30.9 Å². The van der Waals surface area contributed by atoms with Crippen LogP contribution in [0.5, 0.6) is 5.75 Å². The predicted molar refractivity (Wildman–Crippen MR) is 104 cm³/mol. The number of thiazole rings is 1. The fourth-order valence-electron chi connectivity index (χ4n) is 3.37. The monoisotopic (exact) mass is 382 g/mol. The Labute approximate surface area is 161 Å². The van der Waals surface area contributed by atoms with Gasteiger partial charge in [0.05, 0.1) is 11.4 Å². The minimum absolute atomic E-state index is 0.00826. The van der Waals surface area contributed by atoms with Gasteiger partial charge in [-0.2, -0.15) is 0 Å². The zero-order valence-corrected chi connectivity index (χ0v) is 16.0. The van der Waals surface area contributed by atoms with Crippen molar-refractivity contribution < 1.29 is 13.9 Å². The number of ether oxygens (including phenoxy) is 1. The number of fused-ring (bicyclic) bond motifs is 1. The molecule has 0 aliphatic carbocycles. The maximum Gasteiger partial charge on any atom is 0.270 e. The molecule has 3 aromatic rings. The molecule has 4 nitrogen and oxygen atoms in total. The van der Waals surface area contributed by atoms with Crippen LogP contribution in [-0.4, -0.2) is 17.4 Å². The second-order valence-electron chi connectivity index (χ2n) is 6.55. The molecule has 1 aromatic heterocycles. The van der Waals surface area contributed by atoms with Gasteiger partial charge in [-0.3, -0.25) is 4.79 Å². The second kappa shape index (κ2) is 7.12. The van der Waals surface area contributed by atoms with E-state index < -0.39 is 0 Å². The predicted octanol–water partition coefficient (Wildman–Crippen LogP) is 4.68. The Kier molecular flexibility index (Phi) is 4.66. The first-order valence-corrected chi connectivity index (χ1v) is 9.59. The number of anilines is 1. The molecule has 0 N–H and O–H groups in total. The maximum absolute atomic E-state index is 13.1. The summed E-state index contributed by atoms with van der Waals surface area (Å²) in [5, 5.41) is 0.726. The zero-order valence-electron chi connectivity index (χ0n) is 15.2. The van der Waals surface area contributed by atoms with E-state index in [-0.39, 0.29) is 18.3 Å². The third-order valence-electron chi connectivity index (χ3n) is 4.65. The molecule has 0 spiro atoms. The first-order chi connectivity index (χ1) is 13.0. The third kappa shape index (κ3) is 3.45. The molecule has 2 heterocycles. The zero-order chi connectivity index (χ0) is 19.0. The largest absolute Gasteiger partial charge is 0.486 e. The van der Waals surface area contributed by atoms with Crippen LogP contribution in [0.4, 0.5) is 10.1 Å². The summed E-state index contributed by atoms with van der Waals surface area (Å²) < 4.78 is 18.6. The molecule has 138 valence electrons. The summed E-state index contributed by atoms with van der Waals surface area (Å²) in [6.45, 7) is 4.82. The van der Waals surface area contributed by atoms with Crippen molar-refractivity contribution in [3.8, 4) is 5.75 Å². The average molecular weight is 382 g/mol. The van der Waals surface area contributed by atoms with Crippen LogP contribution in [0.2, 0.25) is 0 Å². The van der Waals surface area contributed by atoms with Gasteiger partial charge in [0, 0.05) is 6.54 Å². The van der Waals surface area contributed by atoms with Crippen LogP contribution in [0, 0.1) is 19.7 Å². The van der Waals surface area contributed by atoms with Crippen molar-refractivity contribution in [2.24, 2.45) is 0 Å². The Hall–Kier alpha value is -2.73. The van der Waals surface area contributed by atoms with E-state index in [9.17, 15) is 9.18 Å². The normalized spacial score (nSPS) is 12.9. The van der Waals surface area contributed by atoms with Crippen LogP contribution in [0.1, 0.15) is 31.5 Å². The molecule has 2 aromatic carbocycles. The van der Waals surface area contributed by atoms with Crippen LogP contribution in [0.15, 0.2) is 42.5 Å². The summed E-state index contributed by atoms with van der Waals surface area (Å²) in [4.78, 5) is 20.1. The Morgan fingerprint density at radius 2 is 2.00 bits per heavy atom. The van der Waals surface area contributed by atoms with Crippen molar-refractivity contribution >= 4 is 22.9 Å². The molecule has 0 bridgehead atoms. The van der Waals surface area contributed by atoms with Crippen LogP contribution >= 0.6 is 11.3 Å². The van der Waals surface area contributed by atoms with Gasteiger partial charge in [0.1, 0.15) is 28.1 Å². The minimum atomic E-state index is -0.304. The lowest BCUT2D eigenvalue weighted by Gasteiger charge is -2.18. The number of amides is 1. The molecule has 6 heteroatoms. The standard InChI is InChI=1S/C21H19FN2O2S/c1-13-4-3-5-15-10-11-24(19(13)15)21(25)20-14(2)23-18(27-20)12-26-17-8-6-16(22)7-9-17/h3-9H,10-12H2,1-2H3. The molecule has 0 saturated carbocycles. The summed E-state index contributed by atoms with van der Waals surface area (Å²) in [7, 11) is 0. The van der Waals surface area contributed by atoms with E-state index in [0.29, 0.717) is 22.9 Å². The van der Waals surface area contributed by atoms with E-state index in [0.717, 1.165) is 22.7 Å². The van der Waals surface area contributed by atoms with E-state index in [1.165, 1.54) is 29.0 Å². The van der Waals surface area contributed by atoms with E-state index >= 15 is 0 Å². The average Bonchev–Trinajstić information content (AvgIpc) is 3.25. The van der Waals surface area contributed by atoms with Crippen molar-refractivity contribution in [2.75, 3.05) is 11.4 Å². The van der Waals surface area contributed by atoms with Gasteiger partial charge in [-0.25, -0.2) is 9.37 Å². The summed E-state index contributed by atoms with van der Waals surface area (Å²) in [6.07, 6.45) is 0.876. The highest BCUT2D eigenvalue weighted by molar-refractivity contribution is 7.13. The second-order valence-corrected chi connectivity index (χ2v) is 7.64. The summed E-state index contributed by atoms with van der Waals surface area (Å²) in [6, 6.07) is 12.0. The SMILES string of the molecule is Cc1cccc2c1N(C(=O)c1sc(COc3ccc(F)cc3)nc1C)CC2. The number of hydrogen-bond acceptors (Lipinski definition) is 4. The quantitative estimate of drug-likeness (QED) is 0.658. The van der Waals surface area contributed by atoms with Crippen molar-refractivity contribution in [2.45, 2.75) is 26.9 Å². The number of aromatic nitrogens is 1. The molecular weight excluding hydrogens is 363 g/mol. The molecular formula is C21H19FN2O2S. The van der Waals surface area contributed by atoms with Gasteiger partial charge in [0.2, 0.25) is 0 Å². The van der Waals surface area contributed by atoms with E-state index in [1.54, 1.807) is 12.1 Å². The molecule has 0 radical (unpaired) electrons. The number of carbonyl (C=O) groups is 1. The van der Waals surface area contributed by atoms with Crippen LogP contribution in [0.25, 0.3) is 0 Å². The lowest BCUT2D eigenvalue weighted by atomic mass is 10.1. The van der Waals surface area contributed by atoms with Crippen LogP contribution < -0.4 is 9.64 Å². The number of rotatable bonds is 4. The first kappa shape index (κ1) is 17.7. The molecule has 1 amide bonds. The number of aryl methyl sites for hydroxylation is 2. The highest BCUT2D eigenvalue weighted by atomic mass is 32.1. The number of carbonyl (C=O) groups excluding carboxylic acids is 1. The molecule has 0 unspecified atom stereocenters. The van der Waals surface area contributed by atoms with Gasteiger partial charge in [-0.15, -0.1) is 11.3 Å². The van der Waals surface area contributed by atoms with Crippen molar-refractivity contribution in [1.82, 2.24) is 4.98 Å². The molecule has 0 atom stereocenters. The lowest BCUT2D eigenvalue weighted by Crippen LogP contribution is -2.29. The lowest BCUT2D eigenvalue weighted by molar-refractivity contribution is 0.0992. The Morgan fingerprint density at radius 1 is 1.22 bits per heavy atom. The van der Waals surface area contributed by atoms with Crippen molar-refractivity contribution in [3.63, 3.8) is 0 Å². The molecule has 4 rings (SSSR count). The summed E-state index contributed by atoms with van der Waals surface area (Å²) >= 11 is 1.36. The number of hydrogen-bond donors (Lipinski definition) is 0. The minimum Gasteiger partial charge on any atom is -0.486 e. The number of halogens is 1. The summed E-state index contributed by atoms with van der Waals surface area (Å²) in [5.74, 6) is 0.258. The van der Waals surface area contributed by atoms with Gasteiger partial charge in [0.25, 0.3) is 5.91 Å². The van der Waals surface area contributed by atoms with Crippen LogP contribution in [-0.2, 0) is 13.0 Å².